The van der Waals surface area contributed by atoms with Crippen LogP contribution in [0.2, 0.25) is 0 Å². The van der Waals surface area contributed by atoms with E-state index >= 15 is 0 Å². The molecule has 0 unspecified atom stereocenters. The maximum Gasteiger partial charge on any atom is 0.229 e. The molecule has 1 aliphatic rings. The van der Waals surface area contributed by atoms with Crippen LogP contribution < -0.4 is 10.2 Å². The highest BCUT2D eigenvalue weighted by Gasteiger charge is 2.35. The molecule has 25 heavy (non-hydrogen) atoms. The van der Waals surface area contributed by atoms with Gasteiger partial charge in [-0.25, -0.2) is 4.39 Å². The second-order valence-electron chi connectivity index (χ2n) is 6.65. The summed E-state index contributed by atoms with van der Waals surface area (Å²) in [5.41, 5.74) is 2.41. The Balaban J connectivity index is 1.68. The van der Waals surface area contributed by atoms with Crippen molar-refractivity contribution >= 4 is 23.2 Å². The minimum absolute atomic E-state index is 0.0725. The number of hydrogen-bond donors (Lipinski definition) is 1. The number of anilines is 2. The molecule has 1 saturated heterocycles. The quantitative estimate of drug-likeness (QED) is 0.916. The number of rotatable bonds is 4. The van der Waals surface area contributed by atoms with Gasteiger partial charge in [0.2, 0.25) is 11.8 Å². The zero-order valence-corrected chi connectivity index (χ0v) is 14.3. The van der Waals surface area contributed by atoms with E-state index in [9.17, 15) is 14.0 Å². The molecule has 1 heterocycles. The number of halogens is 1. The first kappa shape index (κ1) is 17.1. The van der Waals surface area contributed by atoms with Crippen molar-refractivity contribution in [1.82, 2.24) is 0 Å². The van der Waals surface area contributed by atoms with Gasteiger partial charge in [-0.05, 0) is 41.8 Å². The number of benzene rings is 2. The van der Waals surface area contributed by atoms with Crippen molar-refractivity contribution in [2.45, 2.75) is 26.2 Å². The molecule has 1 fully saturated rings. The summed E-state index contributed by atoms with van der Waals surface area (Å²) in [6.45, 7) is 4.56. The van der Waals surface area contributed by atoms with E-state index in [1.807, 2.05) is 24.3 Å². The second-order valence-corrected chi connectivity index (χ2v) is 6.65. The van der Waals surface area contributed by atoms with E-state index in [0.717, 1.165) is 5.69 Å². The van der Waals surface area contributed by atoms with Gasteiger partial charge in [0.15, 0.2) is 0 Å². The summed E-state index contributed by atoms with van der Waals surface area (Å²) in [4.78, 5) is 26.3. The normalized spacial score (nSPS) is 17.2. The molecule has 0 bridgehead atoms. The largest absolute Gasteiger partial charge is 0.326 e. The molecule has 130 valence electrons. The lowest BCUT2D eigenvalue weighted by Gasteiger charge is -2.17. The molecule has 2 amide bonds. The summed E-state index contributed by atoms with van der Waals surface area (Å²) in [6, 6.07) is 13.6. The molecule has 0 spiro atoms. The van der Waals surface area contributed by atoms with E-state index in [0.29, 0.717) is 18.2 Å². The van der Waals surface area contributed by atoms with E-state index in [1.165, 1.54) is 23.8 Å². The average Bonchev–Trinajstić information content (AvgIpc) is 2.97. The zero-order chi connectivity index (χ0) is 18.0. The summed E-state index contributed by atoms with van der Waals surface area (Å²) >= 11 is 0. The first-order valence-corrected chi connectivity index (χ1v) is 8.41. The first-order chi connectivity index (χ1) is 11.9. The molecule has 5 heteroatoms. The van der Waals surface area contributed by atoms with Crippen LogP contribution in [0.15, 0.2) is 48.5 Å². The van der Waals surface area contributed by atoms with E-state index in [4.69, 9.17) is 0 Å². The van der Waals surface area contributed by atoms with Crippen molar-refractivity contribution in [3.8, 4) is 0 Å². The smallest absolute Gasteiger partial charge is 0.229 e. The summed E-state index contributed by atoms with van der Waals surface area (Å²) in [5.74, 6) is -0.766. The summed E-state index contributed by atoms with van der Waals surface area (Å²) in [6.07, 6.45) is 0.160. The van der Waals surface area contributed by atoms with Gasteiger partial charge in [0, 0.05) is 24.3 Å². The van der Waals surface area contributed by atoms with Crippen LogP contribution in [-0.4, -0.2) is 18.4 Å². The standard InChI is InChI=1S/C20H21FN2O2/c1-13(2)14-6-8-18(9-7-14)23-12-15(10-19(23)24)20(25)22-17-5-3-4-16(21)11-17/h3-9,11,13,15H,10,12H2,1-2H3,(H,22,25)/t15-/m1/s1. The lowest BCUT2D eigenvalue weighted by atomic mass is 10.0. The lowest BCUT2D eigenvalue weighted by molar-refractivity contribution is -0.122. The third-order valence-electron chi connectivity index (χ3n) is 4.46. The molecule has 3 rings (SSSR count). The van der Waals surface area contributed by atoms with Gasteiger partial charge in [0.1, 0.15) is 5.82 Å². The Bertz CT molecular complexity index is 787. The SMILES string of the molecule is CC(C)c1ccc(N2C[C@H](C(=O)Nc3cccc(F)c3)CC2=O)cc1. The predicted molar refractivity (Wildman–Crippen MR) is 96.0 cm³/mol. The fraction of sp³-hybridized carbons (Fsp3) is 0.300. The Morgan fingerprint density at radius 3 is 2.56 bits per heavy atom. The number of hydrogen-bond acceptors (Lipinski definition) is 2. The molecule has 0 aromatic heterocycles. The second kappa shape index (κ2) is 7.05. The summed E-state index contributed by atoms with van der Waals surface area (Å²) in [7, 11) is 0. The van der Waals surface area contributed by atoms with Crippen molar-refractivity contribution in [2.24, 2.45) is 5.92 Å². The highest BCUT2D eigenvalue weighted by atomic mass is 19.1. The first-order valence-electron chi connectivity index (χ1n) is 8.41. The number of carbonyl (C=O) groups is 2. The maximum atomic E-state index is 13.2. The molecular weight excluding hydrogens is 319 g/mol. The van der Waals surface area contributed by atoms with E-state index in [1.54, 1.807) is 11.0 Å². The van der Waals surface area contributed by atoms with Crippen LogP contribution in [0.25, 0.3) is 0 Å². The predicted octanol–water partition coefficient (Wildman–Crippen LogP) is 3.94. The maximum absolute atomic E-state index is 13.2. The van der Waals surface area contributed by atoms with Crippen molar-refractivity contribution in [3.63, 3.8) is 0 Å². The fourth-order valence-electron chi connectivity index (χ4n) is 2.98. The highest BCUT2D eigenvalue weighted by molar-refractivity contribution is 6.03. The van der Waals surface area contributed by atoms with Gasteiger partial charge in [0.05, 0.1) is 5.92 Å². The van der Waals surface area contributed by atoms with Crippen LogP contribution in [0.1, 0.15) is 31.7 Å². The molecule has 2 aromatic carbocycles. The number of nitrogens with one attached hydrogen (secondary N) is 1. The molecule has 1 atom stereocenters. The number of carbonyl (C=O) groups excluding carboxylic acids is 2. The molecule has 0 aliphatic carbocycles. The lowest BCUT2D eigenvalue weighted by Crippen LogP contribution is -2.28. The Kier molecular flexibility index (Phi) is 4.83. The van der Waals surface area contributed by atoms with E-state index in [2.05, 4.69) is 19.2 Å². The molecule has 4 nitrogen and oxygen atoms in total. The van der Waals surface area contributed by atoms with E-state index in [-0.39, 0.29) is 18.2 Å². The Morgan fingerprint density at radius 1 is 1.20 bits per heavy atom. The van der Waals surface area contributed by atoms with Gasteiger partial charge in [-0.15, -0.1) is 0 Å². The zero-order valence-electron chi connectivity index (χ0n) is 14.3. The van der Waals surface area contributed by atoms with Crippen molar-refractivity contribution in [3.05, 3.63) is 59.9 Å². The molecule has 1 aliphatic heterocycles. The van der Waals surface area contributed by atoms with Crippen LogP contribution in [0, 0.1) is 11.7 Å². The van der Waals surface area contributed by atoms with Gasteiger partial charge in [-0.1, -0.05) is 32.0 Å². The van der Waals surface area contributed by atoms with Gasteiger partial charge >= 0.3 is 0 Å². The topological polar surface area (TPSA) is 49.4 Å². The molecular formula is C20H21FN2O2. The molecule has 0 radical (unpaired) electrons. The van der Waals surface area contributed by atoms with Crippen LogP contribution >= 0.6 is 0 Å². The third-order valence-corrected chi connectivity index (χ3v) is 4.46. The van der Waals surface area contributed by atoms with E-state index < -0.39 is 11.7 Å². The van der Waals surface area contributed by atoms with Gasteiger partial charge in [-0.3, -0.25) is 9.59 Å². The van der Waals surface area contributed by atoms with Crippen LogP contribution in [0.5, 0.6) is 0 Å². The molecule has 1 N–H and O–H groups in total. The molecule has 0 saturated carbocycles. The van der Waals surface area contributed by atoms with Crippen molar-refractivity contribution in [2.75, 3.05) is 16.8 Å². The number of nitrogens with zero attached hydrogens (tertiary/aromatic N) is 1. The van der Waals surface area contributed by atoms with Crippen LogP contribution in [0.4, 0.5) is 15.8 Å². The Hall–Kier alpha value is -2.69. The van der Waals surface area contributed by atoms with Gasteiger partial charge in [-0.2, -0.15) is 0 Å². The number of amides is 2. The highest BCUT2D eigenvalue weighted by Crippen LogP contribution is 2.27. The average molecular weight is 340 g/mol. The van der Waals surface area contributed by atoms with Crippen LogP contribution in [-0.2, 0) is 9.59 Å². The summed E-state index contributed by atoms with van der Waals surface area (Å²) < 4.78 is 13.2. The van der Waals surface area contributed by atoms with Gasteiger partial charge in [0.25, 0.3) is 0 Å². The van der Waals surface area contributed by atoms with Crippen LogP contribution in [0.3, 0.4) is 0 Å². The third kappa shape index (κ3) is 3.87. The van der Waals surface area contributed by atoms with Crippen molar-refractivity contribution < 1.29 is 14.0 Å². The Labute approximate surface area is 146 Å². The summed E-state index contributed by atoms with van der Waals surface area (Å²) in [5, 5.41) is 2.68. The fourth-order valence-corrected chi connectivity index (χ4v) is 2.98. The Morgan fingerprint density at radius 2 is 1.92 bits per heavy atom. The monoisotopic (exact) mass is 340 g/mol. The minimum atomic E-state index is -0.444. The van der Waals surface area contributed by atoms with Crippen molar-refractivity contribution in [1.29, 1.82) is 0 Å². The molecule has 2 aromatic rings. The van der Waals surface area contributed by atoms with Gasteiger partial charge < -0.3 is 10.2 Å². The minimum Gasteiger partial charge on any atom is -0.326 e.